The number of aliphatic hydroxyl groups excluding tert-OH is 1. The van der Waals surface area contributed by atoms with Crippen LogP contribution < -0.4 is 0 Å². The standard InChI is InChI=1S/C58H101O11P/c1-4-7-10-13-16-19-22-25-26-27-28-31-34-37-40-43-46-49-58(62)69-55(51-65-56(60)47-44-41-38-35-32-29-23-20-17-14-11-8-5-2)53-67-70(63,64)66-52-54(50-59)68-57(61)48-45-42-39-36-33-30-24-21-18-15-12-9-6-3/h8,11,16-17,19-21,24-26,29,32,54-55,59H,4-7,9-10,12-15,18,22-23,27-28,30-31,33-53H2,1-3H3,(H,63,64)/b11-8-,19-16-,20-17-,24-21-,26-25-,32-29-. The Morgan fingerprint density at radius 1 is 0.414 bits per heavy atom. The Labute approximate surface area is 427 Å². The molecule has 11 nitrogen and oxygen atoms in total. The molecule has 0 aliphatic carbocycles. The van der Waals surface area contributed by atoms with Crippen molar-refractivity contribution in [1.29, 1.82) is 0 Å². The quantitative estimate of drug-likeness (QED) is 0.0197. The average Bonchev–Trinajstić information content (AvgIpc) is 3.35. The van der Waals surface area contributed by atoms with E-state index in [1.807, 2.05) is 0 Å². The number of aliphatic hydroxyl groups is 1. The third-order valence-electron chi connectivity index (χ3n) is 11.6. The number of phosphoric acid groups is 1. The smallest absolute Gasteiger partial charge is 0.462 e. The Morgan fingerprint density at radius 3 is 1.20 bits per heavy atom. The van der Waals surface area contributed by atoms with Gasteiger partial charge < -0.3 is 24.2 Å². The molecule has 3 atom stereocenters. The first-order chi connectivity index (χ1) is 34.2. The maximum atomic E-state index is 12.9. The summed E-state index contributed by atoms with van der Waals surface area (Å²) in [7, 11) is -4.76. The minimum Gasteiger partial charge on any atom is -0.462 e. The van der Waals surface area contributed by atoms with Crippen LogP contribution in [0.5, 0.6) is 0 Å². The minimum atomic E-state index is -4.76. The number of carbonyl (C=O) groups is 3. The second-order valence-corrected chi connectivity index (χ2v) is 19.8. The molecule has 0 amide bonds. The minimum absolute atomic E-state index is 0.150. The summed E-state index contributed by atoms with van der Waals surface area (Å²) < 4.78 is 39.4. The second kappa shape index (κ2) is 52.2. The van der Waals surface area contributed by atoms with Gasteiger partial charge in [0.15, 0.2) is 6.10 Å². The summed E-state index contributed by atoms with van der Waals surface area (Å²) in [6.07, 6.45) is 57.2. The van der Waals surface area contributed by atoms with Crippen LogP contribution in [-0.2, 0) is 42.2 Å². The van der Waals surface area contributed by atoms with Gasteiger partial charge in [-0.3, -0.25) is 23.4 Å². The predicted octanol–water partition coefficient (Wildman–Crippen LogP) is 16.1. The molecule has 0 saturated heterocycles. The lowest BCUT2D eigenvalue weighted by molar-refractivity contribution is -0.161. The third-order valence-corrected chi connectivity index (χ3v) is 12.5. The van der Waals surface area contributed by atoms with Gasteiger partial charge in [0.2, 0.25) is 0 Å². The molecule has 0 aliphatic heterocycles. The van der Waals surface area contributed by atoms with E-state index in [1.165, 1.54) is 64.2 Å². The summed E-state index contributed by atoms with van der Waals surface area (Å²) in [4.78, 5) is 48.4. The van der Waals surface area contributed by atoms with Gasteiger partial charge >= 0.3 is 25.7 Å². The number of ether oxygens (including phenoxy) is 3. The van der Waals surface area contributed by atoms with Gasteiger partial charge in [-0.15, -0.1) is 0 Å². The van der Waals surface area contributed by atoms with Crippen molar-refractivity contribution in [3.8, 4) is 0 Å². The molecule has 0 aromatic rings. The van der Waals surface area contributed by atoms with Crippen molar-refractivity contribution in [3.05, 3.63) is 72.9 Å². The van der Waals surface area contributed by atoms with Crippen molar-refractivity contribution in [1.82, 2.24) is 0 Å². The molecule has 0 rings (SSSR count). The fourth-order valence-electron chi connectivity index (χ4n) is 7.34. The maximum absolute atomic E-state index is 12.9. The Kier molecular flexibility index (Phi) is 50.0. The fourth-order valence-corrected chi connectivity index (χ4v) is 8.12. The molecule has 404 valence electrons. The zero-order valence-electron chi connectivity index (χ0n) is 44.5. The molecule has 0 aliphatic rings. The number of allylic oxidation sites excluding steroid dienone is 12. The molecule has 12 heteroatoms. The number of carbonyl (C=O) groups excluding carboxylic acids is 3. The average molecular weight is 1010 g/mol. The lowest BCUT2D eigenvalue weighted by Gasteiger charge is -2.21. The van der Waals surface area contributed by atoms with Crippen molar-refractivity contribution < 1.29 is 52.2 Å². The van der Waals surface area contributed by atoms with E-state index in [-0.39, 0.29) is 25.9 Å². The van der Waals surface area contributed by atoms with Crippen LogP contribution in [0.25, 0.3) is 0 Å². The summed E-state index contributed by atoms with van der Waals surface area (Å²) in [5.41, 5.74) is 0. The van der Waals surface area contributed by atoms with Crippen molar-refractivity contribution in [3.63, 3.8) is 0 Å². The lowest BCUT2D eigenvalue weighted by Crippen LogP contribution is -2.30. The van der Waals surface area contributed by atoms with Crippen LogP contribution in [0, 0.1) is 0 Å². The molecule has 2 N–H and O–H groups in total. The zero-order valence-corrected chi connectivity index (χ0v) is 45.4. The molecular weight excluding hydrogens is 904 g/mol. The van der Waals surface area contributed by atoms with Crippen LogP contribution in [-0.4, -0.2) is 66.5 Å². The number of rotatable bonds is 51. The summed E-state index contributed by atoms with van der Waals surface area (Å²) in [5, 5.41) is 9.79. The largest absolute Gasteiger partial charge is 0.472 e. The van der Waals surface area contributed by atoms with E-state index in [0.717, 1.165) is 116 Å². The van der Waals surface area contributed by atoms with Gasteiger partial charge in [-0.25, -0.2) is 4.57 Å². The van der Waals surface area contributed by atoms with Crippen LogP contribution in [0.3, 0.4) is 0 Å². The number of phosphoric ester groups is 1. The van der Waals surface area contributed by atoms with Crippen molar-refractivity contribution in [2.75, 3.05) is 26.4 Å². The van der Waals surface area contributed by atoms with Gasteiger partial charge in [-0.1, -0.05) is 184 Å². The number of esters is 3. The van der Waals surface area contributed by atoms with E-state index in [0.29, 0.717) is 19.3 Å². The van der Waals surface area contributed by atoms with E-state index in [4.69, 9.17) is 23.3 Å². The van der Waals surface area contributed by atoms with Crippen molar-refractivity contribution >= 4 is 25.7 Å². The van der Waals surface area contributed by atoms with E-state index in [2.05, 4.69) is 93.7 Å². The van der Waals surface area contributed by atoms with Gasteiger partial charge in [0.1, 0.15) is 12.7 Å². The van der Waals surface area contributed by atoms with Gasteiger partial charge in [0.05, 0.1) is 19.8 Å². The molecule has 0 fully saturated rings. The number of hydrogen-bond donors (Lipinski definition) is 2. The van der Waals surface area contributed by atoms with E-state index < -0.39 is 57.8 Å². The first-order valence-corrected chi connectivity index (χ1v) is 29.3. The van der Waals surface area contributed by atoms with Gasteiger partial charge in [0.25, 0.3) is 0 Å². The van der Waals surface area contributed by atoms with Gasteiger partial charge in [0, 0.05) is 19.3 Å². The molecule has 0 saturated carbocycles. The molecule has 70 heavy (non-hydrogen) atoms. The highest BCUT2D eigenvalue weighted by molar-refractivity contribution is 7.47. The summed E-state index contributed by atoms with van der Waals surface area (Å²) in [6, 6.07) is 0. The Bertz CT molecular complexity index is 1450. The van der Waals surface area contributed by atoms with Gasteiger partial charge in [-0.05, 0) is 109 Å². The first-order valence-electron chi connectivity index (χ1n) is 27.8. The van der Waals surface area contributed by atoms with Crippen LogP contribution in [0.15, 0.2) is 72.9 Å². The van der Waals surface area contributed by atoms with E-state index in [1.54, 1.807) is 0 Å². The van der Waals surface area contributed by atoms with Crippen LogP contribution in [0.1, 0.15) is 239 Å². The summed E-state index contributed by atoms with van der Waals surface area (Å²) >= 11 is 0. The monoisotopic (exact) mass is 1000 g/mol. The second-order valence-electron chi connectivity index (χ2n) is 18.4. The SMILES string of the molecule is CC/C=C\C/C=C\C/C=C\CCCCCC(=O)OCC(COP(=O)(O)OCC(CO)OC(=O)CCCCCCC/C=C\CCCCCC)OC(=O)CCCCCCCCC/C=C\C/C=C\CCCCC. The third kappa shape index (κ3) is 49.9. The Hall–Kier alpha value is -3.08. The predicted molar refractivity (Wildman–Crippen MR) is 288 cm³/mol. The van der Waals surface area contributed by atoms with Crippen molar-refractivity contribution in [2.24, 2.45) is 0 Å². The summed E-state index contributed by atoms with van der Waals surface area (Å²) in [6.45, 7) is 4.44. The zero-order chi connectivity index (χ0) is 51.3. The number of hydrogen-bond acceptors (Lipinski definition) is 10. The highest BCUT2D eigenvalue weighted by Crippen LogP contribution is 2.43. The summed E-state index contributed by atoms with van der Waals surface area (Å²) in [5.74, 6) is -1.52. The topological polar surface area (TPSA) is 155 Å². The van der Waals surface area contributed by atoms with E-state index in [9.17, 15) is 28.9 Å². The number of unbranched alkanes of at least 4 members (excludes halogenated alkanes) is 22. The molecule has 0 aromatic carbocycles. The molecule has 0 bridgehead atoms. The molecule has 3 unspecified atom stereocenters. The first kappa shape index (κ1) is 66.9. The molecular formula is C58H101O11P. The van der Waals surface area contributed by atoms with Crippen molar-refractivity contribution in [2.45, 2.75) is 251 Å². The highest BCUT2D eigenvalue weighted by Gasteiger charge is 2.28. The normalized spacial score (nSPS) is 14.0. The highest BCUT2D eigenvalue weighted by atomic mass is 31.2. The maximum Gasteiger partial charge on any atom is 0.472 e. The van der Waals surface area contributed by atoms with Crippen LogP contribution in [0.4, 0.5) is 0 Å². The van der Waals surface area contributed by atoms with E-state index >= 15 is 0 Å². The van der Waals surface area contributed by atoms with Gasteiger partial charge in [-0.2, -0.15) is 0 Å². The molecule has 0 aromatic heterocycles. The molecule has 0 spiro atoms. The molecule has 0 heterocycles. The Balaban J connectivity index is 4.78. The molecule has 0 radical (unpaired) electrons. The van der Waals surface area contributed by atoms with Crippen LogP contribution in [0.2, 0.25) is 0 Å². The van der Waals surface area contributed by atoms with Crippen LogP contribution >= 0.6 is 7.82 Å². The fraction of sp³-hybridized carbons (Fsp3) is 0.741. The lowest BCUT2D eigenvalue weighted by atomic mass is 10.1. The Morgan fingerprint density at radius 2 is 0.743 bits per heavy atom.